The summed E-state index contributed by atoms with van der Waals surface area (Å²) < 4.78 is 5.17. The van der Waals surface area contributed by atoms with Gasteiger partial charge >= 0.3 is 5.63 Å². The van der Waals surface area contributed by atoms with Gasteiger partial charge < -0.3 is 14.6 Å². The first kappa shape index (κ1) is 19.1. The fourth-order valence-corrected chi connectivity index (χ4v) is 2.80. The first-order valence-corrected chi connectivity index (χ1v) is 8.75. The molecule has 0 aliphatic carbocycles. The lowest BCUT2D eigenvalue weighted by atomic mass is 10.1. The van der Waals surface area contributed by atoms with E-state index in [1.165, 1.54) is 23.1 Å². The SMILES string of the molecule is Cc1cc(=O)oc2cc(NC(=O)/C=C/C(=O)N(C)Cc3ccccc3)ccc12. The lowest BCUT2D eigenvalue weighted by molar-refractivity contribution is -0.125. The number of benzene rings is 2. The summed E-state index contributed by atoms with van der Waals surface area (Å²) in [4.78, 5) is 37.3. The molecule has 0 aliphatic heterocycles. The molecule has 1 heterocycles. The van der Waals surface area contributed by atoms with Gasteiger partial charge in [0.1, 0.15) is 5.58 Å². The highest BCUT2D eigenvalue weighted by Crippen LogP contribution is 2.20. The number of anilines is 1. The molecule has 142 valence electrons. The van der Waals surface area contributed by atoms with E-state index < -0.39 is 11.5 Å². The number of hydrogen-bond acceptors (Lipinski definition) is 4. The number of nitrogens with zero attached hydrogens (tertiary/aromatic N) is 1. The van der Waals surface area contributed by atoms with Crippen molar-refractivity contribution in [3.05, 3.63) is 88.3 Å². The Kier molecular flexibility index (Phi) is 5.69. The van der Waals surface area contributed by atoms with Crippen molar-refractivity contribution in [1.29, 1.82) is 0 Å². The molecule has 3 rings (SSSR count). The fourth-order valence-electron chi connectivity index (χ4n) is 2.80. The summed E-state index contributed by atoms with van der Waals surface area (Å²) in [5.41, 5.74) is 2.23. The smallest absolute Gasteiger partial charge is 0.336 e. The second-order valence-electron chi connectivity index (χ2n) is 6.46. The first-order chi connectivity index (χ1) is 13.4. The Morgan fingerprint density at radius 2 is 1.82 bits per heavy atom. The summed E-state index contributed by atoms with van der Waals surface area (Å²) in [6.07, 6.45) is 2.41. The summed E-state index contributed by atoms with van der Waals surface area (Å²) in [6, 6.07) is 16.1. The Hall–Kier alpha value is -3.67. The van der Waals surface area contributed by atoms with Crippen LogP contribution < -0.4 is 10.9 Å². The zero-order valence-electron chi connectivity index (χ0n) is 15.6. The third-order valence-corrected chi connectivity index (χ3v) is 4.23. The first-order valence-electron chi connectivity index (χ1n) is 8.75. The summed E-state index contributed by atoms with van der Waals surface area (Å²) in [5, 5.41) is 3.46. The standard InChI is InChI=1S/C22H20N2O4/c1-15-12-22(27)28-19-13-17(8-9-18(15)19)23-20(25)10-11-21(26)24(2)14-16-6-4-3-5-7-16/h3-13H,14H2,1-2H3,(H,23,25)/b11-10+. The largest absolute Gasteiger partial charge is 0.423 e. The quantitative estimate of drug-likeness (QED) is 0.548. The van der Waals surface area contributed by atoms with Gasteiger partial charge in [-0.1, -0.05) is 30.3 Å². The van der Waals surface area contributed by atoms with Crippen molar-refractivity contribution in [1.82, 2.24) is 4.90 Å². The van der Waals surface area contributed by atoms with Crippen molar-refractivity contribution in [3.63, 3.8) is 0 Å². The Balaban J connectivity index is 1.64. The van der Waals surface area contributed by atoms with Crippen LogP contribution in [0.5, 0.6) is 0 Å². The van der Waals surface area contributed by atoms with Crippen molar-refractivity contribution >= 4 is 28.5 Å². The molecule has 0 unspecified atom stereocenters. The van der Waals surface area contributed by atoms with Crippen LogP contribution in [0.25, 0.3) is 11.0 Å². The second-order valence-corrected chi connectivity index (χ2v) is 6.46. The van der Waals surface area contributed by atoms with Crippen LogP contribution in [-0.2, 0) is 16.1 Å². The lowest BCUT2D eigenvalue weighted by Crippen LogP contribution is -2.24. The van der Waals surface area contributed by atoms with Crippen molar-refractivity contribution in [2.75, 3.05) is 12.4 Å². The van der Waals surface area contributed by atoms with E-state index in [4.69, 9.17) is 4.42 Å². The van der Waals surface area contributed by atoms with Crippen LogP contribution >= 0.6 is 0 Å². The van der Waals surface area contributed by atoms with Gasteiger partial charge in [0.2, 0.25) is 11.8 Å². The summed E-state index contributed by atoms with van der Waals surface area (Å²) in [7, 11) is 1.67. The number of aryl methyl sites for hydroxylation is 1. The summed E-state index contributed by atoms with van der Waals surface area (Å²) >= 11 is 0. The Bertz CT molecular complexity index is 1100. The van der Waals surface area contributed by atoms with Crippen LogP contribution in [0.2, 0.25) is 0 Å². The minimum atomic E-state index is -0.448. The van der Waals surface area contributed by atoms with Crippen LogP contribution in [0.15, 0.2) is 76.0 Å². The molecule has 0 fully saturated rings. The van der Waals surface area contributed by atoms with E-state index in [0.29, 0.717) is 17.8 Å². The highest BCUT2D eigenvalue weighted by molar-refractivity contribution is 6.04. The molecule has 0 spiro atoms. The average molecular weight is 376 g/mol. The molecule has 6 nitrogen and oxygen atoms in total. The number of amides is 2. The minimum Gasteiger partial charge on any atom is -0.423 e. The molecule has 2 amide bonds. The topological polar surface area (TPSA) is 79.6 Å². The van der Waals surface area contributed by atoms with Gasteiger partial charge in [-0.25, -0.2) is 4.79 Å². The zero-order chi connectivity index (χ0) is 20.1. The molecule has 2 aromatic carbocycles. The van der Waals surface area contributed by atoms with E-state index in [1.54, 1.807) is 25.2 Å². The molecule has 28 heavy (non-hydrogen) atoms. The van der Waals surface area contributed by atoms with Crippen molar-refractivity contribution < 1.29 is 14.0 Å². The third-order valence-electron chi connectivity index (χ3n) is 4.23. The van der Waals surface area contributed by atoms with Crippen molar-refractivity contribution in [2.45, 2.75) is 13.5 Å². The normalized spacial score (nSPS) is 10.9. The van der Waals surface area contributed by atoms with E-state index in [1.807, 2.05) is 37.3 Å². The van der Waals surface area contributed by atoms with Crippen molar-refractivity contribution in [3.8, 4) is 0 Å². The predicted octanol–water partition coefficient (Wildman–Crippen LogP) is 3.25. The number of carbonyl (C=O) groups excluding carboxylic acids is 2. The molecule has 0 bridgehead atoms. The van der Waals surface area contributed by atoms with Crippen LogP contribution in [0.1, 0.15) is 11.1 Å². The van der Waals surface area contributed by atoms with E-state index in [-0.39, 0.29) is 5.91 Å². The Labute approximate surface area is 162 Å². The third kappa shape index (κ3) is 4.73. The lowest BCUT2D eigenvalue weighted by Gasteiger charge is -2.14. The molecule has 0 radical (unpaired) electrons. The maximum atomic E-state index is 12.2. The second kappa shape index (κ2) is 8.35. The van der Waals surface area contributed by atoms with Crippen LogP contribution in [0.4, 0.5) is 5.69 Å². The molecular weight excluding hydrogens is 356 g/mol. The highest BCUT2D eigenvalue weighted by Gasteiger charge is 2.08. The number of likely N-dealkylation sites (N-methyl/N-ethyl adjacent to an activating group) is 1. The molecule has 3 aromatic rings. The van der Waals surface area contributed by atoms with Gasteiger partial charge in [0.05, 0.1) is 0 Å². The molecule has 0 aliphatic rings. The van der Waals surface area contributed by atoms with Gasteiger partial charge in [0, 0.05) is 49.0 Å². The number of hydrogen-bond donors (Lipinski definition) is 1. The van der Waals surface area contributed by atoms with Gasteiger partial charge in [-0.05, 0) is 30.2 Å². The van der Waals surface area contributed by atoms with Crippen LogP contribution in [0, 0.1) is 6.92 Å². The fraction of sp³-hybridized carbons (Fsp3) is 0.136. The van der Waals surface area contributed by atoms with Gasteiger partial charge in [0.25, 0.3) is 0 Å². The molecule has 0 atom stereocenters. The van der Waals surface area contributed by atoms with Crippen molar-refractivity contribution in [2.24, 2.45) is 0 Å². The van der Waals surface area contributed by atoms with E-state index in [2.05, 4.69) is 5.32 Å². The Morgan fingerprint density at radius 3 is 2.57 bits per heavy atom. The average Bonchev–Trinajstić information content (AvgIpc) is 2.66. The number of fused-ring (bicyclic) bond motifs is 1. The van der Waals surface area contributed by atoms with Crippen LogP contribution in [-0.4, -0.2) is 23.8 Å². The van der Waals surface area contributed by atoms with Crippen LogP contribution in [0.3, 0.4) is 0 Å². The minimum absolute atomic E-state index is 0.279. The molecule has 0 saturated carbocycles. The molecule has 1 aromatic heterocycles. The Morgan fingerprint density at radius 1 is 1.07 bits per heavy atom. The number of nitrogens with one attached hydrogen (secondary N) is 1. The van der Waals surface area contributed by atoms with E-state index >= 15 is 0 Å². The predicted molar refractivity (Wildman–Crippen MR) is 108 cm³/mol. The maximum Gasteiger partial charge on any atom is 0.336 e. The summed E-state index contributed by atoms with van der Waals surface area (Å²) in [6.45, 7) is 2.27. The van der Waals surface area contributed by atoms with Gasteiger partial charge in [-0.2, -0.15) is 0 Å². The molecule has 0 saturated heterocycles. The van der Waals surface area contributed by atoms with Gasteiger partial charge in [-0.15, -0.1) is 0 Å². The number of rotatable bonds is 5. The van der Waals surface area contributed by atoms with Gasteiger partial charge in [0.15, 0.2) is 0 Å². The molecular formula is C22H20N2O4. The summed E-state index contributed by atoms with van der Waals surface area (Å²) in [5.74, 6) is -0.727. The van der Waals surface area contributed by atoms with Gasteiger partial charge in [-0.3, -0.25) is 9.59 Å². The maximum absolute atomic E-state index is 12.2. The van der Waals surface area contributed by atoms with E-state index in [0.717, 1.165) is 16.5 Å². The molecule has 1 N–H and O–H groups in total. The monoisotopic (exact) mass is 376 g/mol. The molecule has 6 heteroatoms. The highest BCUT2D eigenvalue weighted by atomic mass is 16.4. The zero-order valence-corrected chi connectivity index (χ0v) is 15.6. The number of carbonyl (C=O) groups is 2. The van der Waals surface area contributed by atoms with E-state index in [9.17, 15) is 14.4 Å².